The summed E-state index contributed by atoms with van der Waals surface area (Å²) >= 11 is 6.06. The van der Waals surface area contributed by atoms with Crippen LogP contribution in [0.4, 0.5) is 0 Å². The molecule has 0 bridgehead atoms. The van der Waals surface area contributed by atoms with Crippen molar-refractivity contribution in [2.45, 2.75) is 26.7 Å². The van der Waals surface area contributed by atoms with Gasteiger partial charge >= 0.3 is 0 Å². The second kappa shape index (κ2) is 5.37. The largest absolute Gasteiger partial charge is 0.0843 e. The maximum absolute atomic E-state index is 6.06. The third-order valence-corrected chi connectivity index (χ3v) is 3.10. The topological polar surface area (TPSA) is 0 Å². The molecule has 0 amide bonds. The van der Waals surface area contributed by atoms with E-state index in [2.05, 4.69) is 50.2 Å². The number of halogens is 1. The molecule has 0 heterocycles. The molecule has 0 saturated carbocycles. The van der Waals surface area contributed by atoms with Crippen LogP contribution in [0, 0.1) is 13.8 Å². The predicted octanol–water partition coefficient (Wildman–Crippen LogP) is 4.74. The van der Waals surface area contributed by atoms with Crippen molar-refractivity contribution in [3.8, 4) is 0 Å². The zero-order valence-electron chi connectivity index (χ0n) is 10.3. The minimum Gasteiger partial charge on any atom is -0.0843 e. The van der Waals surface area contributed by atoms with Crippen LogP contribution >= 0.6 is 11.6 Å². The molecule has 0 spiro atoms. The van der Waals surface area contributed by atoms with E-state index in [9.17, 15) is 0 Å². The van der Waals surface area contributed by atoms with E-state index in [1.165, 1.54) is 22.3 Å². The van der Waals surface area contributed by atoms with E-state index in [0.29, 0.717) is 0 Å². The lowest BCUT2D eigenvalue weighted by Crippen LogP contribution is -1.92. The second-order valence-corrected chi connectivity index (χ2v) is 5.06. The molecule has 0 atom stereocenters. The van der Waals surface area contributed by atoms with Gasteiger partial charge in [-0.25, -0.2) is 0 Å². The molecule has 0 saturated heterocycles. The fraction of sp³-hybridized carbons (Fsp3) is 0.250. The van der Waals surface area contributed by atoms with Crippen LogP contribution in [-0.2, 0) is 12.8 Å². The van der Waals surface area contributed by atoms with Crippen molar-refractivity contribution in [2.75, 3.05) is 0 Å². The van der Waals surface area contributed by atoms with Gasteiger partial charge in [-0.3, -0.25) is 0 Å². The molecule has 0 N–H and O–H groups in total. The van der Waals surface area contributed by atoms with Gasteiger partial charge in [-0.2, -0.15) is 0 Å². The third-order valence-electron chi connectivity index (χ3n) is 2.89. The number of benzene rings is 2. The van der Waals surface area contributed by atoms with Gasteiger partial charge in [0.15, 0.2) is 0 Å². The van der Waals surface area contributed by atoms with Gasteiger partial charge in [0, 0.05) is 5.02 Å². The van der Waals surface area contributed by atoms with Crippen LogP contribution in [0.15, 0.2) is 42.5 Å². The highest BCUT2D eigenvalue weighted by molar-refractivity contribution is 6.30. The van der Waals surface area contributed by atoms with Gasteiger partial charge in [0.1, 0.15) is 0 Å². The van der Waals surface area contributed by atoms with Gasteiger partial charge in [0.2, 0.25) is 0 Å². The first kappa shape index (κ1) is 12.2. The Morgan fingerprint density at radius 2 is 1.53 bits per heavy atom. The Morgan fingerprint density at radius 3 is 2.24 bits per heavy atom. The highest BCUT2D eigenvalue weighted by Gasteiger charge is 1.99. The molecule has 0 nitrogen and oxygen atoms in total. The molecule has 0 fully saturated rings. The molecule has 88 valence electrons. The smallest absolute Gasteiger partial charge is 0.0411 e. The van der Waals surface area contributed by atoms with Crippen molar-refractivity contribution in [3.63, 3.8) is 0 Å². The molecule has 2 aromatic carbocycles. The Labute approximate surface area is 108 Å². The van der Waals surface area contributed by atoms with Gasteiger partial charge in [-0.05, 0) is 55.5 Å². The summed E-state index contributed by atoms with van der Waals surface area (Å²) in [6.45, 7) is 4.22. The molecule has 2 aromatic rings. The van der Waals surface area contributed by atoms with Crippen LogP contribution in [-0.4, -0.2) is 0 Å². The van der Waals surface area contributed by atoms with E-state index in [4.69, 9.17) is 11.6 Å². The van der Waals surface area contributed by atoms with E-state index in [1.807, 2.05) is 6.07 Å². The lowest BCUT2D eigenvalue weighted by Gasteiger charge is -2.05. The fourth-order valence-electron chi connectivity index (χ4n) is 2.11. The van der Waals surface area contributed by atoms with Crippen LogP contribution in [0.3, 0.4) is 0 Å². The number of rotatable bonds is 3. The van der Waals surface area contributed by atoms with E-state index >= 15 is 0 Å². The minimum absolute atomic E-state index is 0.837. The highest BCUT2D eigenvalue weighted by atomic mass is 35.5. The van der Waals surface area contributed by atoms with Gasteiger partial charge in [-0.1, -0.05) is 47.5 Å². The summed E-state index contributed by atoms with van der Waals surface area (Å²) in [6, 6.07) is 15.0. The van der Waals surface area contributed by atoms with E-state index in [1.54, 1.807) is 0 Å². The van der Waals surface area contributed by atoms with Crippen LogP contribution in [0.1, 0.15) is 22.3 Å². The SMILES string of the molecule is Cc1cccc(CCc2cc(C)cc(Cl)c2)c1. The standard InChI is InChI=1S/C16H17Cl/c1-12-4-3-5-14(8-12)6-7-15-9-13(2)10-16(17)11-15/h3-5,8-11H,6-7H2,1-2H3. The fourth-order valence-corrected chi connectivity index (χ4v) is 2.42. The molecule has 2 rings (SSSR count). The van der Waals surface area contributed by atoms with Gasteiger partial charge < -0.3 is 0 Å². The zero-order valence-corrected chi connectivity index (χ0v) is 11.1. The molecule has 17 heavy (non-hydrogen) atoms. The molecule has 0 aliphatic carbocycles. The zero-order chi connectivity index (χ0) is 12.3. The first-order valence-corrected chi connectivity index (χ1v) is 6.33. The average Bonchev–Trinajstić information content (AvgIpc) is 2.25. The molecule has 1 heteroatoms. The molecule has 0 aliphatic rings. The predicted molar refractivity (Wildman–Crippen MR) is 74.8 cm³/mol. The molecule has 0 aromatic heterocycles. The van der Waals surface area contributed by atoms with Crippen molar-refractivity contribution in [3.05, 3.63) is 69.7 Å². The first-order chi connectivity index (χ1) is 8.13. The summed E-state index contributed by atoms with van der Waals surface area (Å²) < 4.78 is 0. The summed E-state index contributed by atoms with van der Waals surface area (Å²) in [6.07, 6.45) is 2.12. The Kier molecular flexibility index (Phi) is 3.86. The summed E-state index contributed by atoms with van der Waals surface area (Å²) in [4.78, 5) is 0. The van der Waals surface area contributed by atoms with Gasteiger partial charge in [0.25, 0.3) is 0 Å². The maximum Gasteiger partial charge on any atom is 0.0411 e. The van der Waals surface area contributed by atoms with Crippen molar-refractivity contribution in [2.24, 2.45) is 0 Å². The van der Waals surface area contributed by atoms with Gasteiger partial charge in [-0.15, -0.1) is 0 Å². The minimum atomic E-state index is 0.837. The summed E-state index contributed by atoms with van der Waals surface area (Å²) in [5.41, 5.74) is 5.26. The monoisotopic (exact) mass is 244 g/mol. The molecule has 0 aliphatic heterocycles. The summed E-state index contributed by atoms with van der Waals surface area (Å²) in [7, 11) is 0. The Morgan fingerprint density at radius 1 is 0.824 bits per heavy atom. The van der Waals surface area contributed by atoms with Crippen LogP contribution in [0.2, 0.25) is 5.02 Å². The Bertz CT molecular complexity index is 494. The number of hydrogen-bond donors (Lipinski definition) is 0. The van der Waals surface area contributed by atoms with E-state index < -0.39 is 0 Å². The maximum atomic E-state index is 6.06. The van der Waals surface area contributed by atoms with E-state index in [0.717, 1.165) is 17.9 Å². The number of hydrogen-bond acceptors (Lipinski definition) is 0. The van der Waals surface area contributed by atoms with Crippen LogP contribution in [0.25, 0.3) is 0 Å². The molecular weight excluding hydrogens is 228 g/mol. The van der Waals surface area contributed by atoms with Gasteiger partial charge in [0.05, 0.1) is 0 Å². The lowest BCUT2D eigenvalue weighted by molar-refractivity contribution is 0.956. The van der Waals surface area contributed by atoms with Crippen molar-refractivity contribution >= 4 is 11.6 Å². The summed E-state index contributed by atoms with van der Waals surface area (Å²) in [5, 5.41) is 0.837. The molecular formula is C16H17Cl. The summed E-state index contributed by atoms with van der Waals surface area (Å²) in [5.74, 6) is 0. The van der Waals surface area contributed by atoms with Crippen molar-refractivity contribution in [1.82, 2.24) is 0 Å². The van der Waals surface area contributed by atoms with Crippen molar-refractivity contribution in [1.29, 1.82) is 0 Å². The second-order valence-electron chi connectivity index (χ2n) is 4.63. The van der Waals surface area contributed by atoms with Crippen molar-refractivity contribution < 1.29 is 0 Å². The van der Waals surface area contributed by atoms with Crippen LogP contribution < -0.4 is 0 Å². The highest BCUT2D eigenvalue weighted by Crippen LogP contribution is 2.16. The third kappa shape index (κ3) is 3.61. The number of aryl methyl sites for hydroxylation is 4. The lowest BCUT2D eigenvalue weighted by atomic mass is 10.0. The quantitative estimate of drug-likeness (QED) is 0.732. The average molecular weight is 245 g/mol. The normalized spacial score (nSPS) is 10.5. The molecule has 0 radical (unpaired) electrons. The Hall–Kier alpha value is -1.27. The first-order valence-electron chi connectivity index (χ1n) is 5.95. The van der Waals surface area contributed by atoms with Crippen LogP contribution in [0.5, 0.6) is 0 Å². The molecule has 0 unspecified atom stereocenters. The Balaban J connectivity index is 2.07. The van der Waals surface area contributed by atoms with E-state index in [-0.39, 0.29) is 0 Å².